The molecule has 0 aromatic rings. The number of nitrogens with one attached hydrogen (secondary N) is 1. The van der Waals surface area contributed by atoms with Crippen molar-refractivity contribution in [3.05, 3.63) is 11.8 Å². The Bertz CT molecular complexity index is 136. The molecule has 0 atom stereocenters. The molecular weight excluding hydrogens is 138 g/mol. The fourth-order valence-corrected chi connectivity index (χ4v) is 1.59. The zero-order valence-electron chi connectivity index (χ0n) is 7.39. The summed E-state index contributed by atoms with van der Waals surface area (Å²) in [5.74, 6) is 0.707. The van der Waals surface area contributed by atoms with Gasteiger partial charge in [0.2, 0.25) is 0 Å². The molecule has 0 aromatic carbocycles. The first kappa shape index (κ1) is 8.60. The molecule has 0 saturated carbocycles. The molecule has 1 aliphatic heterocycles. The van der Waals surface area contributed by atoms with Crippen LogP contribution in [0.1, 0.15) is 19.8 Å². The molecule has 0 amide bonds. The van der Waals surface area contributed by atoms with E-state index in [1.54, 1.807) is 0 Å². The van der Waals surface area contributed by atoms with Crippen LogP contribution in [0.5, 0.6) is 0 Å². The topological polar surface area (TPSA) is 21.3 Å². The molecule has 2 heteroatoms. The minimum Gasteiger partial charge on any atom is -0.391 e. The van der Waals surface area contributed by atoms with Crippen molar-refractivity contribution in [2.24, 2.45) is 5.92 Å². The standard InChI is InChI=1S/C9H17NO/c1-3-9(10-2)8-4-6-11-7-5-8/h3,8,10H,4-7H2,1-2H3/b9-3-. The monoisotopic (exact) mass is 155 g/mol. The van der Waals surface area contributed by atoms with Crippen molar-refractivity contribution in [2.45, 2.75) is 19.8 Å². The minimum atomic E-state index is 0.707. The second kappa shape index (κ2) is 4.39. The molecule has 1 heterocycles. The normalized spacial score (nSPS) is 21.8. The van der Waals surface area contributed by atoms with Crippen molar-refractivity contribution in [1.82, 2.24) is 5.32 Å². The lowest BCUT2D eigenvalue weighted by Crippen LogP contribution is -2.23. The molecule has 11 heavy (non-hydrogen) atoms. The molecule has 64 valence electrons. The predicted molar refractivity (Wildman–Crippen MR) is 46.4 cm³/mol. The minimum absolute atomic E-state index is 0.707. The van der Waals surface area contributed by atoms with Crippen molar-refractivity contribution in [1.29, 1.82) is 0 Å². The first-order valence-electron chi connectivity index (χ1n) is 4.30. The van der Waals surface area contributed by atoms with Crippen LogP contribution < -0.4 is 5.32 Å². The first-order chi connectivity index (χ1) is 5.38. The van der Waals surface area contributed by atoms with Crippen LogP contribution >= 0.6 is 0 Å². The molecule has 2 nitrogen and oxygen atoms in total. The highest BCUT2D eigenvalue weighted by Gasteiger charge is 2.16. The molecule has 1 aliphatic rings. The summed E-state index contributed by atoms with van der Waals surface area (Å²) in [5, 5.41) is 3.23. The van der Waals surface area contributed by atoms with Gasteiger partial charge in [0.05, 0.1) is 0 Å². The van der Waals surface area contributed by atoms with E-state index in [0.717, 1.165) is 13.2 Å². The quantitative estimate of drug-likeness (QED) is 0.653. The Morgan fingerprint density at radius 1 is 1.45 bits per heavy atom. The van der Waals surface area contributed by atoms with Crippen LogP contribution in [0.2, 0.25) is 0 Å². The zero-order valence-corrected chi connectivity index (χ0v) is 7.39. The lowest BCUT2D eigenvalue weighted by molar-refractivity contribution is 0.0743. The van der Waals surface area contributed by atoms with E-state index in [1.165, 1.54) is 18.5 Å². The lowest BCUT2D eigenvalue weighted by atomic mass is 9.96. The maximum absolute atomic E-state index is 5.28. The Labute approximate surface area is 68.6 Å². The average molecular weight is 155 g/mol. The van der Waals surface area contributed by atoms with Gasteiger partial charge in [-0.05, 0) is 19.8 Å². The first-order valence-corrected chi connectivity index (χ1v) is 4.30. The molecule has 0 bridgehead atoms. The molecule has 1 rings (SSSR count). The van der Waals surface area contributed by atoms with Crippen LogP contribution in [-0.2, 0) is 4.74 Å². The third-order valence-corrected chi connectivity index (χ3v) is 2.26. The Hall–Kier alpha value is -0.500. The Kier molecular flexibility index (Phi) is 3.43. The number of allylic oxidation sites excluding steroid dienone is 2. The van der Waals surface area contributed by atoms with Crippen molar-refractivity contribution >= 4 is 0 Å². The molecule has 1 saturated heterocycles. The fourth-order valence-electron chi connectivity index (χ4n) is 1.59. The van der Waals surface area contributed by atoms with Crippen molar-refractivity contribution < 1.29 is 4.74 Å². The summed E-state index contributed by atoms with van der Waals surface area (Å²) in [5.41, 5.74) is 1.37. The maximum atomic E-state index is 5.28. The number of hydrogen-bond acceptors (Lipinski definition) is 2. The lowest BCUT2D eigenvalue weighted by Gasteiger charge is -2.24. The van der Waals surface area contributed by atoms with Crippen molar-refractivity contribution in [2.75, 3.05) is 20.3 Å². The summed E-state index contributed by atoms with van der Waals surface area (Å²) in [6.07, 6.45) is 4.50. The van der Waals surface area contributed by atoms with Crippen LogP contribution in [0.3, 0.4) is 0 Å². The molecule has 0 aliphatic carbocycles. The van der Waals surface area contributed by atoms with Gasteiger partial charge in [0, 0.05) is 31.9 Å². The molecule has 1 N–H and O–H groups in total. The summed E-state index contributed by atoms with van der Waals surface area (Å²) < 4.78 is 5.28. The van der Waals surface area contributed by atoms with Crippen LogP contribution in [0.25, 0.3) is 0 Å². The van der Waals surface area contributed by atoms with Crippen LogP contribution in [0.15, 0.2) is 11.8 Å². The van der Waals surface area contributed by atoms with E-state index in [9.17, 15) is 0 Å². The molecule has 0 unspecified atom stereocenters. The molecule has 0 radical (unpaired) electrons. The van der Waals surface area contributed by atoms with Crippen molar-refractivity contribution in [3.8, 4) is 0 Å². The number of rotatable bonds is 2. The van der Waals surface area contributed by atoms with Gasteiger partial charge in [0.15, 0.2) is 0 Å². The molecule has 0 spiro atoms. The Balaban J connectivity index is 2.43. The third-order valence-electron chi connectivity index (χ3n) is 2.26. The highest BCUT2D eigenvalue weighted by molar-refractivity contribution is 5.02. The van der Waals surface area contributed by atoms with E-state index >= 15 is 0 Å². The second-order valence-electron chi connectivity index (χ2n) is 2.88. The van der Waals surface area contributed by atoms with E-state index < -0.39 is 0 Å². The van der Waals surface area contributed by atoms with Crippen LogP contribution in [0, 0.1) is 5.92 Å². The number of hydrogen-bond donors (Lipinski definition) is 1. The van der Waals surface area contributed by atoms with Crippen molar-refractivity contribution in [3.63, 3.8) is 0 Å². The van der Waals surface area contributed by atoms with Gasteiger partial charge in [-0.25, -0.2) is 0 Å². The van der Waals surface area contributed by atoms with Gasteiger partial charge in [-0.1, -0.05) is 6.08 Å². The smallest absolute Gasteiger partial charge is 0.0472 e. The highest BCUT2D eigenvalue weighted by Crippen LogP contribution is 2.20. The average Bonchev–Trinajstić information content (AvgIpc) is 2.09. The van der Waals surface area contributed by atoms with E-state index in [0.29, 0.717) is 5.92 Å². The van der Waals surface area contributed by atoms with Gasteiger partial charge < -0.3 is 10.1 Å². The third kappa shape index (κ3) is 2.22. The summed E-state index contributed by atoms with van der Waals surface area (Å²) in [4.78, 5) is 0. The van der Waals surface area contributed by atoms with E-state index in [4.69, 9.17) is 4.74 Å². The van der Waals surface area contributed by atoms with Gasteiger partial charge in [0.25, 0.3) is 0 Å². The van der Waals surface area contributed by atoms with Gasteiger partial charge in [-0.15, -0.1) is 0 Å². The predicted octanol–water partition coefficient (Wildman–Crippen LogP) is 1.54. The van der Waals surface area contributed by atoms with Gasteiger partial charge in [-0.3, -0.25) is 0 Å². The SMILES string of the molecule is C/C=C(\NC)C1CCOCC1. The Morgan fingerprint density at radius 3 is 2.55 bits per heavy atom. The van der Waals surface area contributed by atoms with E-state index in [1.807, 2.05) is 7.05 Å². The summed E-state index contributed by atoms with van der Waals surface area (Å²) in [6, 6.07) is 0. The molecule has 1 fully saturated rings. The van der Waals surface area contributed by atoms with Gasteiger partial charge in [-0.2, -0.15) is 0 Å². The second-order valence-corrected chi connectivity index (χ2v) is 2.88. The number of ether oxygens (including phenoxy) is 1. The summed E-state index contributed by atoms with van der Waals surface area (Å²) in [7, 11) is 1.99. The largest absolute Gasteiger partial charge is 0.391 e. The summed E-state index contributed by atoms with van der Waals surface area (Å²) >= 11 is 0. The molecule has 0 aromatic heterocycles. The van der Waals surface area contributed by atoms with Gasteiger partial charge in [0.1, 0.15) is 0 Å². The van der Waals surface area contributed by atoms with Crippen LogP contribution in [-0.4, -0.2) is 20.3 Å². The van der Waals surface area contributed by atoms with E-state index in [2.05, 4.69) is 18.3 Å². The van der Waals surface area contributed by atoms with Gasteiger partial charge >= 0.3 is 0 Å². The fraction of sp³-hybridized carbons (Fsp3) is 0.778. The summed E-state index contributed by atoms with van der Waals surface area (Å²) in [6.45, 7) is 3.93. The van der Waals surface area contributed by atoms with E-state index in [-0.39, 0.29) is 0 Å². The Morgan fingerprint density at radius 2 is 2.09 bits per heavy atom. The maximum Gasteiger partial charge on any atom is 0.0472 e. The highest BCUT2D eigenvalue weighted by atomic mass is 16.5. The zero-order chi connectivity index (χ0) is 8.10. The molecular formula is C9H17NO. The van der Waals surface area contributed by atoms with Crippen LogP contribution in [0.4, 0.5) is 0 Å².